The van der Waals surface area contributed by atoms with Crippen molar-refractivity contribution in [3.63, 3.8) is 0 Å². The van der Waals surface area contributed by atoms with E-state index in [1.54, 1.807) is 11.9 Å². The predicted octanol–water partition coefficient (Wildman–Crippen LogP) is 1.91. The van der Waals surface area contributed by atoms with Gasteiger partial charge in [-0.25, -0.2) is 0 Å². The summed E-state index contributed by atoms with van der Waals surface area (Å²) in [7, 11) is 3.06. The largest absolute Gasteiger partial charge is 0.468 e. The van der Waals surface area contributed by atoms with Crippen molar-refractivity contribution >= 4 is 11.9 Å². The average Bonchev–Trinajstić information content (AvgIpc) is 3.21. The van der Waals surface area contributed by atoms with Crippen LogP contribution in [0.25, 0.3) is 0 Å². The van der Waals surface area contributed by atoms with E-state index in [9.17, 15) is 9.59 Å². The normalized spacial score (nSPS) is 15.7. The number of hydrogen-bond donors (Lipinski definition) is 0. The second-order valence-corrected chi connectivity index (χ2v) is 5.16. The first kappa shape index (κ1) is 13.6. The number of benzene rings is 1. The molecule has 1 aromatic carbocycles. The van der Waals surface area contributed by atoms with E-state index in [1.165, 1.54) is 7.11 Å². The maximum absolute atomic E-state index is 12.4. The van der Waals surface area contributed by atoms with Gasteiger partial charge in [-0.15, -0.1) is 0 Å². The van der Waals surface area contributed by atoms with Gasteiger partial charge in [-0.1, -0.05) is 24.3 Å². The van der Waals surface area contributed by atoms with Gasteiger partial charge in [0.15, 0.2) is 0 Å². The number of rotatable bonds is 4. The molecule has 0 N–H and O–H groups in total. The molecule has 1 aliphatic rings. The van der Waals surface area contributed by atoms with Crippen LogP contribution in [0.4, 0.5) is 0 Å². The van der Waals surface area contributed by atoms with Crippen LogP contribution in [-0.2, 0) is 20.9 Å². The van der Waals surface area contributed by atoms with E-state index < -0.39 is 11.4 Å². The molecule has 0 radical (unpaired) electrons. The summed E-state index contributed by atoms with van der Waals surface area (Å²) in [5.41, 5.74) is 1.33. The zero-order valence-corrected chi connectivity index (χ0v) is 11.6. The second kappa shape index (κ2) is 5.03. The summed E-state index contributed by atoms with van der Waals surface area (Å²) >= 11 is 0. The molecule has 19 heavy (non-hydrogen) atoms. The van der Waals surface area contributed by atoms with E-state index in [4.69, 9.17) is 4.74 Å². The fourth-order valence-corrected chi connectivity index (χ4v) is 2.31. The first-order valence-corrected chi connectivity index (χ1v) is 6.40. The number of nitrogens with zero attached hydrogens (tertiary/aromatic N) is 1. The quantitative estimate of drug-likeness (QED) is 0.614. The van der Waals surface area contributed by atoms with Crippen LogP contribution in [-0.4, -0.2) is 30.9 Å². The highest BCUT2D eigenvalue weighted by atomic mass is 16.5. The molecule has 1 saturated carbocycles. The molecular weight excluding hydrogens is 242 g/mol. The van der Waals surface area contributed by atoms with Gasteiger partial charge in [-0.2, -0.15) is 0 Å². The van der Waals surface area contributed by atoms with Crippen LogP contribution in [0.15, 0.2) is 24.3 Å². The van der Waals surface area contributed by atoms with Gasteiger partial charge in [0.05, 0.1) is 7.11 Å². The Morgan fingerprint density at radius 2 is 1.95 bits per heavy atom. The molecule has 0 atom stereocenters. The van der Waals surface area contributed by atoms with Crippen molar-refractivity contribution in [3.8, 4) is 0 Å². The highest BCUT2D eigenvalue weighted by Crippen LogP contribution is 2.48. The molecular formula is C15H19NO3. The number of esters is 1. The number of ether oxygens (including phenoxy) is 1. The van der Waals surface area contributed by atoms with Crippen molar-refractivity contribution in [2.24, 2.45) is 5.41 Å². The molecule has 0 aromatic heterocycles. The number of hydrogen-bond acceptors (Lipinski definition) is 3. The highest BCUT2D eigenvalue weighted by Gasteiger charge is 2.58. The lowest BCUT2D eigenvalue weighted by Gasteiger charge is -2.22. The maximum atomic E-state index is 12.4. The van der Waals surface area contributed by atoms with Gasteiger partial charge in [0.2, 0.25) is 5.91 Å². The van der Waals surface area contributed by atoms with Crippen molar-refractivity contribution in [1.82, 2.24) is 4.90 Å². The average molecular weight is 261 g/mol. The number of methoxy groups -OCH3 is 1. The molecule has 102 valence electrons. The summed E-state index contributed by atoms with van der Waals surface area (Å²) in [4.78, 5) is 25.7. The molecule has 0 bridgehead atoms. The highest BCUT2D eigenvalue weighted by molar-refractivity contribution is 6.05. The zero-order valence-electron chi connectivity index (χ0n) is 11.6. The molecule has 2 rings (SSSR count). The minimum Gasteiger partial charge on any atom is -0.468 e. The Kier molecular flexibility index (Phi) is 3.60. The standard InChI is InChI=1S/C15H19NO3/c1-11-6-4-5-7-12(11)10-16(2)13(17)15(8-9-15)14(18)19-3/h4-7H,8-10H2,1-3H3. The molecule has 0 unspecified atom stereocenters. The van der Waals surface area contributed by atoms with Crippen molar-refractivity contribution in [2.45, 2.75) is 26.3 Å². The Hall–Kier alpha value is -1.84. The monoisotopic (exact) mass is 261 g/mol. The molecule has 0 aliphatic heterocycles. The Labute approximate surface area is 113 Å². The molecule has 0 spiro atoms. The van der Waals surface area contributed by atoms with Gasteiger partial charge in [-0.05, 0) is 30.9 Å². The van der Waals surface area contributed by atoms with Gasteiger partial charge in [0.25, 0.3) is 0 Å². The second-order valence-electron chi connectivity index (χ2n) is 5.16. The van der Waals surface area contributed by atoms with Crippen LogP contribution >= 0.6 is 0 Å². The van der Waals surface area contributed by atoms with E-state index in [-0.39, 0.29) is 5.91 Å². The first-order valence-electron chi connectivity index (χ1n) is 6.40. The van der Waals surface area contributed by atoms with Crippen molar-refractivity contribution < 1.29 is 14.3 Å². The fraction of sp³-hybridized carbons (Fsp3) is 0.467. The van der Waals surface area contributed by atoms with E-state index in [2.05, 4.69) is 0 Å². The molecule has 0 saturated heterocycles. The first-order chi connectivity index (χ1) is 9.01. The summed E-state index contributed by atoms with van der Waals surface area (Å²) in [6, 6.07) is 7.93. The van der Waals surface area contributed by atoms with E-state index in [0.717, 1.165) is 11.1 Å². The van der Waals surface area contributed by atoms with Crippen LogP contribution in [0.3, 0.4) is 0 Å². The molecule has 1 amide bonds. The summed E-state index contributed by atoms with van der Waals surface area (Å²) in [6.07, 6.45) is 1.19. The van der Waals surface area contributed by atoms with Crippen molar-refractivity contribution in [2.75, 3.05) is 14.2 Å². The van der Waals surface area contributed by atoms with Gasteiger partial charge < -0.3 is 9.64 Å². The van der Waals surface area contributed by atoms with E-state index >= 15 is 0 Å². The van der Waals surface area contributed by atoms with E-state index in [0.29, 0.717) is 19.4 Å². The lowest BCUT2D eigenvalue weighted by atomic mass is 10.0. The van der Waals surface area contributed by atoms with Crippen LogP contribution in [0, 0.1) is 12.3 Å². The van der Waals surface area contributed by atoms with Crippen LogP contribution in [0.1, 0.15) is 24.0 Å². The minimum absolute atomic E-state index is 0.136. The third-order valence-corrected chi connectivity index (χ3v) is 3.75. The molecule has 4 heteroatoms. The fourth-order valence-electron chi connectivity index (χ4n) is 2.31. The third-order valence-electron chi connectivity index (χ3n) is 3.75. The molecule has 4 nitrogen and oxygen atoms in total. The van der Waals surface area contributed by atoms with Crippen LogP contribution < -0.4 is 0 Å². The van der Waals surface area contributed by atoms with Crippen molar-refractivity contribution in [1.29, 1.82) is 0 Å². The zero-order chi connectivity index (χ0) is 14.0. The smallest absolute Gasteiger partial charge is 0.321 e. The lowest BCUT2D eigenvalue weighted by Crippen LogP contribution is -2.38. The predicted molar refractivity (Wildman–Crippen MR) is 71.3 cm³/mol. The molecule has 1 aliphatic carbocycles. The maximum Gasteiger partial charge on any atom is 0.321 e. The minimum atomic E-state index is -0.911. The van der Waals surface area contributed by atoms with E-state index in [1.807, 2.05) is 31.2 Å². The van der Waals surface area contributed by atoms with Gasteiger partial charge >= 0.3 is 5.97 Å². The van der Waals surface area contributed by atoms with Crippen molar-refractivity contribution in [3.05, 3.63) is 35.4 Å². The Balaban J connectivity index is 2.09. The number of carbonyl (C=O) groups excluding carboxylic acids is 2. The van der Waals surface area contributed by atoms with Crippen LogP contribution in [0.5, 0.6) is 0 Å². The SMILES string of the molecule is COC(=O)C1(C(=O)N(C)Cc2ccccc2C)CC1. The number of aryl methyl sites for hydroxylation is 1. The topological polar surface area (TPSA) is 46.6 Å². The van der Waals surface area contributed by atoms with Gasteiger partial charge in [0.1, 0.15) is 5.41 Å². The number of amides is 1. The summed E-state index contributed by atoms with van der Waals surface area (Å²) in [5, 5.41) is 0. The van der Waals surface area contributed by atoms with Gasteiger partial charge in [0, 0.05) is 13.6 Å². The Bertz CT molecular complexity index is 506. The van der Waals surface area contributed by atoms with Gasteiger partial charge in [-0.3, -0.25) is 9.59 Å². The summed E-state index contributed by atoms with van der Waals surface area (Å²) in [5.74, 6) is -0.545. The Morgan fingerprint density at radius 3 is 2.47 bits per heavy atom. The number of carbonyl (C=O) groups is 2. The Morgan fingerprint density at radius 1 is 1.32 bits per heavy atom. The third kappa shape index (κ3) is 2.48. The lowest BCUT2D eigenvalue weighted by molar-refractivity contribution is -0.155. The molecule has 1 fully saturated rings. The van der Waals surface area contributed by atoms with Crippen LogP contribution in [0.2, 0.25) is 0 Å². The summed E-state index contributed by atoms with van der Waals surface area (Å²) in [6.45, 7) is 2.53. The molecule has 1 aromatic rings. The molecule has 0 heterocycles. The summed E-state index contributed by atoms with van der Waals surface area (Å²) < 4.78 is 4.74.